The first kappa shape index (κ1) is 26.9. The standard InChI is InChI=1S/C30H31F3N4O2/c1-36(23-16-15-21-11-5-6-12-22(21)18-23)29(39)25(17-20-9-3-2-4-10-20)34-27(38)19-37-26-14-8-7-13-24(26)28(35-37)30(31,32)33/h2-6,9-12,15-16,18,25,27,34,38H,7-8,13-14,17,19H2,1H3/t25-,27?/m0/s1. The van der Waals surface area contributed by atoms with Gasteiger partial charge in [0, 0.05) is 24.0 Å². The lowest BCUT2D eigenvalue weighted by molar-refractivity contribution is -0.142. The summed E-state index contributed by atoms with van der Waals surface area (Å²) >= 11 is 0. The van der Waals surface area contributed by atoms with Crippen molar-refractivity contribution in [3.05, 3.63) is 95.3 Å². The number of nitrogens with one attached hydrogen (secondary N) is 1. The zero-order valence-corrected chi connectivity index (χ0v) is 21.7. The molecule has 2 atom stereocenters. The molecular formula is C30H31F3N4O2. The van der Waals surface area contributed by atoms with Gasteiger partial charge in [0.1, 0.15) is 6.23 Å². The number of hydrogen-bond donors (Lipinski definition) is 2. The zero-order chi connectivity index (χ0) is 27.6. The number of aliphatic hydroxyl groups is 1. The minimum Gasteiger partial charge on any atom is -0.377 e. The average Bonchev–Trinajstić information content (AvgIpc) is 3.31. The molecule has 6 nitrogen and oxygen atoms in total. The Balaban J connectivity index is 1.38. The summed E-state index contributed by atoms with van der Waals surface area (Å²) in [5, 5.41) is 19.9. The molecule has 1 heterocycles. The van der Waals surface area contributed by atoms with Crippen LogP contribution >= 0.6 is 0 Å². The van der Waals surface area contributed by atoms with Gasteiger partial charge in [-0.15, -0.1) is 0 Å². The Kier molecular flexibility index (Phi) is 7.72. The van der Waals surface area contributed by atoms with Gasteiger partial charge in [-0.05, 0) is 60.6 Å². The number of alkyl halides is 3. The molecule has 0 bridgehead atoms. The smallest absolute Gasteiger partial charge is 0.377 e. The highest BCUT2D eigenvalue weighted by Gasteiger charge is 2.39. The highest BCUT2D eigenvalue weighted by atomic mass is 19.4. The van der Waals surface area contributed by atoms with Crippen molar-refractivity contribution in [2.45, 2.75) is 57.1 Å². The molecule has 1 aliphatic rings. The van der Waals surface area contributed by atoms with Crippen molar-refractivity contribution in [3.63, 3.8) is 0 Å². The third-order valence-electron chi connectivity index (χ3n) is 7.30. The van der Waals surface area contributed by atoms with E-state index in [1.807, 2.05) is 72.8 Å². The monoisotopic (exact) mass is 536 g/mol. The molecule has 0 saturated carbocycles. The molecule has 1 unspecified atom stereocenters. The molecule has 0 radical (unpaired) electrons. The third-order valence-corrected chi connectivity index (χ3v) is 7.30. The predicted molar refractivity (Wildman–Crippen MR) is 144 cm³/mol. The number of halogens is 3. The van der Waals surface area contributed by atoms with E-state index in [2.05, 4.69) is 10.4 Å². The van der Waals surface area contributed by atoms with Gasteiger partial charge in [-0.1, -0.05) is 60.7 Å². The molecule has 4 aromatic rings. The van der Waals surface area contributed by atoms with Crippen molar-refractivity contribution in [1.29, 1.82) is 0 Å². The number of carbonyl (C=O) groups is 1. The molecule has 3 aromatic carbocycles. The van der Waals surface area contributed by atoms with E-state index in [1.165, 1.54) is 9.58 Å². The van der Waals surface area contributed by atoms with Crippen LogP contribution in [0.25, 0.3) is 10.8 Å². The molecule has 9 heteroatoms. The van der Waals surface area contributed by atoms with Crippen LogP contribution in [0.3, 0.4) is 0 Å². The average molecular weight is 537 g/mol. The van der Waals surface area contributed by atoms with Gasteiger partial charge in [-0.3, -0.25) is 14.8 Å². The molecule has 2 N–H and O–H groups in total. The van der Waals surface area contributed by atoms with Crippen LogP contribution < -0.4 is 10.2 Å². The number of benzene rings is 3. The molecule has 0 saturated heterocycles. The number of rotatable bonds is 8. The van der Waals surface area contributed by atoms with E-state index >= 15 is 0 Å². The second-order valence-corrected chi connectivity index (χ2v) is 10.0. The van der Waals surface area contributed by atoms with E-state index in [4.69, 9.17) is 0 Å². The first-order valence-electron chi connectivity index (χ1n) is 13.1. The summed E-state index contributed by atoms with van der Waals surface area (Å²) in [5.41, 5.74) is 1.43. The number of hydrogen-bond acceptors (Lipinski definition) is 4. The molecular weight excluding hydrogens is 505 g/mol. The number of nitrogens with zero attached hydrogens (tertiary/aromatic N) is 3. The topological polar surface area (TPSA) is 70.4 Å². The van der Waals surface area contributed by atoms with Crippen LogP contribution in [0.15, 0.2) is 72.8 Å². The Morgan fingerprint density at radius 3 is 2.46 bits per heavy atom. The fourth-order valence-corrected chi connectivity index (χ4v) is 5.31. The molecule has 0 spiro atoms. The number of fused-ring (bicyclic) bond motifs is 2. The number of aliphatic hydroxyl groups excluding tert-OH is 1. The maximum atomic E-state index is 13.7. The second-order valence-electron chi connectivity index (χ2n) is 10.0. The number of anilines is 1. The Morgan fingerprint density at radius 2 is 1.72 bits per heavy atom. The van der Waals surface area contributed by atoms with Crippen LogP contribution in [-0.2, 0) is 36.8 Å². The van der Waals surface area contributed by atoms with Crippen LogP contribution in [0.4, 0.5) is 18.9 Å². The minimum absolute atomic E-state index is 0.198. The zero-order valence-electron chi connectivity index (χ0n) is 21.7. The predicted octanol–water partition coefficient (Wildman–Crippen LogP) is 5.12. The summed E-state index contributed by atoms with van der Waals surface area (Å²) < 4.78 is 42.1. The van der Waals surface area contributed by atoms with Gasteiger partial charge in [-0.25, -0.2) is 0 Å². The Labute approximate surface area is 225 Å². The molecule has 5 rings (SSSR count). The number of amides is 1. The lowest BCUT2D eigenvalue weighted by Crippen LogP contribution is -2.51. The van der Waals surface area contributed by atoms with Gasteiger partial charge in [0.2, 0.25) is 5.91 Å². The normalized spacial score (nSPS) is 15.1. The molecule has 0 aliphatic heterocycles. The first-order chi connectivity index (χ1) is 18.7. The lowest BCUT2D eigenvalue weighted by atomic mass is 9.95. The molecule has 1 aromatic heterocycles. The summed E-state index contributed by atoms with van der Waals surface area (Å²) in [6, 6.07) is 22.2. The quantitative estimate of drug-likeness (QED) is 0.307. The molecule has 0 fully saturated rings. The van der Waals surface area contributed by atoms with Crippen molar-refractivity contribution in [2.75, 3.05) is 11.9 Å². The van der Waals surface area contributed by atoms with E-state index in [1.54, 1.807) is 7.05 Å². The van der Waals surface area contributed by atoms with Gasteiger partial charge in [-0.2, -0.15) is 18.3 Å². The number of carbonyl (C=O) groups excluding carboxylic acids is 1. The largest absolute Gasteiger partial charge is 0.435 e. The number of aromatic nitrogens is 2. The first-order valence-corrected chi connectivity index (χ1v) is 13.1. The summed E-state index contributed by atoms with van der Waals surface area (Å²) in [4.78, 5) is 15.3. The third kappa shape index (κ3) is 5.99. The van der Waals surface area contributed by atoms with Gasteiger partial charge in [0.15, 0.2) is 5.69 Å². The fraction of sp³-hybridized carbons (Fsp3) is 0.333. The summed E-state index contributed by atoms with van der Waals surface area (Å²) in [6.07, 6.45) is -3.32. The molecule has 39 heavy (non-hydrogen) atoms. The highest BCUT2D eigenvalue weighted by molar-refractivity contribution is 5.99. The van der Waals surface area contributed by atoms with E-state index in [9.17, 15) is 23.1 Å². The van der Waals surface area contributed by atoms with E-state index < -0.39 is 24.1 Å². The Hall–Kier alpha value is -3.69. The van der Waals surface area contributed by atoms with E-state index in [0.717, 1.165) is 22.8 Å². The van der Waals surface area contributed by atoms with Crippen molar-refractivity contribution in [1.82, 2.24) is 15.1 Å². The van der Waals surface area contributed by atoms with E-state index in [0.29, 0.717) is 37.1 Å². The molecule has 1 amide bonds. The fourth-order valence-electron chi connectivity index (χ4n) is 5.31. The van der Waals surface area contributed by atoms with Crippen molar-refractivity contribution in [2.24, 2.45) is 0 Å². The van der Waals surface area contributed by atoms with Crippen molar-refractivity contribution >= 4 is 22.4 Å². The SMILES string of the molecule is CN(C(=O)[C@H](Cc1ccccc1)NC(O)Cn1nc(C(F)(F)F)c2c1CCCC2)c1ccc2ccccc2c1. The van der Waals surface area contributed by atoms with Gasteiger partial charge in [0.25, 0.3) is 0 Å². The highest BCUT2D eigenvalue weighted by Crippen LogP contribution is 2.36. The number of likely N-dealkylation sites (N-methyl/N-ethyl adjacent to an activating group) is 1. The van der Waals surface area contributed by atoms with Crippen LogP contribution in [0.2, 0.25) is 0 Å². The van der Waals surface area contributed by atoms with Crippen LogP contribution in [0, 0.1) is 0 Å². The maximum absolute atomic E-state index is 13.7. The van der Waals surface area contributed by atoms with Gasteiger partial charge < -0.3 is 10.0 Å². The molecule has 204 valence electrons. The van der Waals surface area contributed by atoms with E-state index in [-0.39, 0.29) is 18.0 Å². The van der Waals surface area contributed by atoms with Crippen LogP contribution in [0.1, 0.15) is 35.4 Å². The lowest BCUT2D eigenvalue weighted by Gasteiger charge is -2.27. The Bertz CT molecular complexity index is 1450. The minimum atomic E-state index is -4.56. The van der Waals surface area contributed by atoms with Crippen LogP contribution in [-0.4, -0.2) is 40.1 Å². The van der Waals surface area contributed by atoms with Crippen LogP contribution in [0.5, 0.6) is 0 Å². The summed E-state index contributed by atoms with van der Waals surface area (Å²) in [6.45, 7) is -0.198. The van der Waals surface area contributed by atoms with Crippen molar-refractivity contribution < 1.29 is 23.1 Å². The van der Waals surface area contributed by atoms with Gasteiger partial charge >= 0.3 is 6.18 Å². The maximum Gasteiger partial charge on any atom is 0.435 e. The Morgan fingerprint density at radius 1 is 1.03 bits per heavy atom. The summed E-state index contributed by atoms with van der Waals surface area (Å²) in [7, 11) is 1.68. The van der Waals surface area contributed by atoms with Gasteiger partial charge in [0.05, 0.1) is 12.6 Å². The van der Waals surface area contributed by atoms with Crippen molar-refractivity contribution in [3.8, 4) is 0 Å². The molecule has 1 aliphatic carbocycles. The summed E-state index contributed by atoms with van der Waals surface area (Å²) in [5.74, 6) is -0.272. The second kappa shape index (κ2) is 11.2.